The molecule has 0 heterocycles. The van der Waals surface area contributed by atoms with E-state index in [1.54, 1.807) is 0 Å². The maximum absolute atomic E-state index is 5.82. The molecule has 1 aromatic rings. The third-order valence-electron chi connectivity index (χ3n) is 3.32. The molecule has 3 heteroatoms. The molecular formula is C16H27N3. The highest BCUT2D eigenvalue weighted by molar-refractivity contribution is 5.77. The molecule has 0 radical (unpaired) electrons. The minimum absolute atomic E-state index is 0.566. The van der Waals surface area contributed by atoms with Gasteiger partial charge < -0.3 is 11.1 Å². The molecule has 0 aliphatic heterocycles. The van der Waals surface area contributed by atoms with Crippen LogP contribution in [0.2, 0.25) is 0 Å². The Hall–Kier alpha value is -1.51. The van der Waals surface area contributed by atoms with Crippen LogP contribution in [0.5, 0.6) is 0 Å². The number of nitrogens with two attached hydrogens (primary N) is 1. The fourth-order valence-electron chi connectivity index (χ4n) is 2.33. The molecule has 0 amide bonds. The molecule has 3 nitrogen and oxygen atoms in total. The van der Waals surface area contributed by atoms with E-state index >= 15 is 0 Å². The van der Waals surface area contributed by atoms with Gasteiger partial charge in [0.25, 0.3) is 0 Å². The second kappa shape index (κ2) is 7.82. The van der Waals surface area contributed by atoms with Gasteiger partial charge in [-0.1, -0.05) is 31.0 Å². The lowest BCUT2D eigenvalue weighted by Crippen LogP contribution is -2.33. The molecule has 3 N–H and O–H groups in total. The van der Waals surface area contributed by atoms with Crippen molar-refractivity contribution in [1.29, 1.82) is 0 Å². The number of rotatable bonds is 6. The molecule has 0 spiro atoms. The number of guanidine groups is 1. The molecule has 0 saturated heterocycles. The first kappa shape index (κ1) is 15.5. The van der Waals surface area contributed by atoms with Gasteiger partial charge in [0.15, 0.2) is 5.96 Å². The average molecular weight is 261 g/mol. The van der Waals surface area contributed by atoms with E-state index in [-0.39, 0.29) is 0 Å². The van der Waals surface area contributed by atoms with Gasteiger partial charge in [0.2, 0.25) is 0 Å². The SMILES string of the molecule is CCCCN=C(N)NCCc1c(C)cc(C)cc1C. The molecule has 0 bridgehead atoms. The van der Waals surface area contributed by atoms with Gasteiger partial charge in [0.05, 0.1) is 0 Å². The minimum atomic E-state index is 0.566. The van der Waals surface area contributed by atoms with Crippen molar-refractivity contribution in [2.75, 3.05) is 13.1 Å². The molecule has 0 aromatic heterocycles. The first-order valence-corrected chi connectivity index (χ1v) is 7.15. The summed E-state index contributed by atoms with van der Waals surface area (Å²) in [4.78, 5) is 4.29. The molecule has 0 atom stereocenters. The van der Waals surface area contributed by atoms with Crippen LogP contribution in [-0.2, 0) is 6.42 Å². The van der Waals surface area contributed by atoms with Gasteiger partial charge >= 0.3 is 0 Å². The Balaban J connectivity index is 2.47. The Morgan fingerprint density at radius 3 is 2.42 bits per heavy atom. The van der Waals surface area contributed by atoms with Crippen LogP contribution in [0.25, 0.3) is 0 Å². The smallest absolute Gasteiger partial charge is 0.188 e. The van der Waals surface area contributed by atoms with Gasteiger partial charge in [-0.3, -0.25) is 4.99 Å². The standard InChI is InChI=1S/C16H27N3/c1-5-6-8-18-16(17)19-9-7-15-13(3)10-12(2)11-14(15)4/h10-11H,5-9H2,1-4H3,(H3,17,18,19). The Morgan fingerprint density at radius 2 is 1.84 bits per heavy atom. The molecule has 0 aliphatic carbocycles. The van der Waals surface area contributed by atoms with Crippen LogP contribution in [0.4, 0.5) is 0 Å². The quantitative estimate of drug-likeness (QED) is 0.470. The second-order valence-electron chi connectivity index (χ2n) is 5.17. The van der Waals surface area contributed by atoms with Crippen LogP contribution in [0.15, 0.2) is 17.1 Å². The third kappa shape index (κ3) is 5.33. The Morgan fingerprint density at radius 1 is 1.21 bits per heavy atom. The highest BCUT2D eigenvalue weighted by Gasteiger charge is 2.03. The van der Waals surface area contributed by atoms with Gasteiger partial charge in [-0.05, 0) is 50.3 Å². The number of nitrogens with zero attached hydrogens (tertiary/aromatic N) is 1. The molecular weight excluding hydrogens is 234 g/mol. The summed E-state index contributed by atoms with van der Waals surface area (Å²) in [5.41, 5.74) is 11.3. The zero-order valence-corrected chi connectivity index (χ0v) is 12.7. The molecule has 1 rings (SSSR count). The number of nitrogens with one attached hydrogen (secondary N) is 1. The fourth-order valence-corrected chi connectivity index (χ4v) is 2.33. The monoisotopic (exact) mass is 261 g/mol. The summed E-state index contributed by atoms with van der Waals surface area (Å²) in [6.45, 7) is 10.3. The van der Waals surface area contributed by atoms with Gasteiger partial charge in [-0.25, -0.2) is 0 Å². The van der Waals surface area contributed by atoms with E-state index in [1.807, 2.05) is 0 Å². The normalized spacial score (nSPS) is 11.7. The van der Waals surface area contributed by atoms with Crippen molar-refractivity contribution in [2.45, 2.75) is 47.0 Å². The van der Waals surface area contributed by atoms with Gasteiger partial charge in [-0.2, -0.15) is 0 Å². The fraction of sp³-hybridized carbons (Fsp3) is 0.562. The van der Waals surface area contributed by atoms with Crippen LogP contribution in [0, 0.1) is 20.8 Å². The first-order valence-electron chi connectivity index (χ1n) is 7.15. The number of aliphatic imine (C=N–C) groups is 1. The average Bonchev–Trinajstić information content (AvgIpc) is 2.32. The molecule has 106 valence electrons. The van der Waals surface area contributed by atoms with E-state index in [0.29, 0.717) is 5.96 Å². The van der Waals surface area contributed by atoms with Crippen molar-refractivity contribution >= 4 is 5.96 Å². The van der Waals surface area contributed by atoms with Crippen molar-refractivity contribution in [1.82, 2.24) is 5.32 Å². The van der Waals surface area contributed by atoms with Crippen molar-refractivity contribution in [3.05, 3.63) is 34.4 Å². The summed E-state index contributed by atoms with van der Waals surface area (Å²) in [5.74, 6) is 0.566. The van der Waals surface area contributed by atoms with Crippen molar-refractivity contribution in [2.24, 2.45) is 10.7 Å². The largest absolute Gasteiger partial charge is 0.370 e. The molecule has 19 heavy (non-hydrogen) atoms. The Labute approximate surface area is 117 Å². The lowest BCUT2D eigenvalue weighted by Gasteiger charge is -2.12. The summed E-state index contributed by atoms with van der Waals surface area (Å²) in [6, 6.07) is 4.47. The zero-order valence-electron chi connectivity index (χ0n) is 12.7. The topological polar surface area (TPSA) is 50.4 Å². The van der Waals surface area contributed by atoms with Crippen LogP contribution in [0.3, 0.4) is 0 Å². The Bertz CT molecular complexity index is 413. The predicted octanol–water partition coefficient (Wildman–Crippen LogP) is 2.86. The maximum Gasteiger partial charge on any atom is 0.188 e. The summed E-state index contributed by atoms with van der Waals surface area (Å²) >= 11 is 0. The van der Waals surface area contributed by atoms with Crippen molar-refractivity contribution < 1.29 is 0 Å². The van der Waals surface area contributed by atoms with Crippen LogP contribution in [-0.4, -0.2) is 19.0 Å². The highest BCUT2D eigenvalue weighted by Crippen LogP contribution is 2.16. The summed E-state index contributed by atoms with van der Waals surface area (Å²) in [6.07, 6.45) is 3.24. The number of aryl methyl sites for hydroxylation is 3. The molecule has 0 saturated carbocycles. The van der Waals surface area contributed by atoms with Crippen molar-refractivity contribution in [3.8, 4) is 0 Å². The molecule has 0 unspecified atom stereocenters. The minimum Gasteiger partial charge on any atom is -0.370 e. The van der Waals surface area contributed by atoms with E-state index in [1.165, 1.54) is 22.3 Å². The highest BCUT2D eigenvalue weighted by atomic mass is 15.1. The van der Waals surface area contributed by atoms with Crippen molar-refractivity contribution in [3.63, 3.8) is 0 Å². The van der Waals surface area contributed by atoms with Crippen LogP contribution < -0.4 is 11.1 Å². The molecule has 1 aromatic carbocycles. The van der Waals surface area contributed by atoms with E-state index in [2.05, 4.69) is 50.1 Å². The number of hydrogen-bond donors (Lipinski definition) is 2. The maximum atomic E-state index is 5.82. The van der Waals surface area contributed by atoms with E-state index in [0.717, 1.165) is 32.4 Å². The zero-order chi connectivity index (χ0) is 14.3. The second-order valence-corrected chi connectivity index (χ2v) is 5.17. The Kier molecular flexibility index (Phi) is 6.40. The van der Waals surface area contributed by atoms with Gasteiger partial charge in [-0.15, -0.1) is 0 Å². The first-order chi connectivity index (χ1) is 9.04. The van der Waals surface area contributed by atoms with Crippen LogP contribution >= 0.6 is 0 Å². The summed E-state index contributed by atoms with van der Waals surface area (Å²) in [7, 11) is 0. The summed E-state index contributed by atoms with van der Waals surface area (Å²) < 4.78 is 0. The number of unbranched alkanes of at least 4 members (excludes halogenated alkanes) is 1. The summed E-state index contributed by atoms with van der Waals surface area (Å²) in [5, 5.41) is 3.19. The lowest BCUT2D eigenvalue weighted by molar-refractivity contribution is 0.789. The molecule has 0 aliphatic rings. The van der Waals surface area contributed by atoms with E-state index < -0.39 is 0 Å². The van der Waals surface area contributed by atoms with Gasteiger partial charge in [0.1, 0.15) is 0 Å². The number of hydrogen-bond acceptors (Lipinski definition) is 1. The van der Waals surface area contributed by atoms with Crippen LogP contribution in [0.1, 0.15) is 42.0 Å². The molecule has 0 fully saturated rings. The van der Waals surface area contributed by atoms with E-state index in [9.17, 15) is 0 Å². The van der Waals surface area contributed by atoms with E-state index in [4.69, 9.17) is 5.73 Å². The van der Waals surface area contributed by atoms with Gasteiger partial charge in [0, 0.05) is 13.1 Å². The predicted molar refractivity (Wildman–Crippen MR) is 83.8 cm³/mol. The third-order valence-corrected chi connectivity index (χ3v) is 3.32. The number of benzene rings is 1. The lowest BCUT2D eigenvalue weighted by atomic mass is 9.97.